The maximum absolute atomic E-state index is 11.8. The van der Waals surface area contributed by atoms with Crippen molar-refractivity contribution in [2.45, 2.75) is 19.0 Å². The summed E-state index contributed by atoms with van der Waals surface area (Å²) < 4.78 is 5.12. The number of carbonyl (C=O) groups excluding carboxylic acids is 1. The van der Waals surface area contributed by atoms with E-state index in [1.807, 2.05) is 0 Å². The van der Waals surface area contributed by atoms with Crippen LogP contribution in [-0.2, 0) is 14.3 Å². The Morgan fingerprint density at radius 1 is 1.50 bits per heavy atom. The lowest BCUT2D eigenvalue weighted by Crippen LogP contribution is -2.57. The molecule has 6 heteroatoms. The first-order chi connectivity index (χ1) is 7.45. The molecular formula is C10H18N2O4. The normalized spacial score (nSPS) is 23.8. The average molecular weight is 230 g/mol. The monoisotopic (exact) mass is 230 g/mol. The highest BCUT2D eigenvalue weighted by Crippen LogP contribution is 2.12. The smallest absolute Gasteiger partial charge is 0.323 e. The van der Waals surface area contributed by atoms with Gasteiger partial charge in [-0.15, -0.1) is 0 Å². The van der Waals surface area contributed by atoms with Crippen LogP contribution >= 0.6 is 0 Å². The fraction of sp³-hybridized carbons (Fsp3) is 0.800. The second kappa shape index (κ2) is 5.27. The van der Waals surface area contributed by atoms with Crippen LogP contribution in [0.4, 0.5) is 0 Å². The molecule has 1 rings (SSSR count). The number of morpholine rings is 1. The highest BCUT2D eigenvalue weighted by atomic mass is 16.5. The SMILES string of the molecule is CC(C(=O)N(C)C)N1CCOCC1C(=O)O. The highest BCUT2D eigenvalue weighted by Gasteiger charge is 2.35. The summed E-state index contributed by atoms with van der Waals surface area (Å²) in [4.78, 5) is 25.9. The third-order valence-electron chi connectivity index (χ3n) is 2.75. The van der Waals surface area contributed by atoms with Crippen LogP contribution < -0.4 is 0 Å². The molecule has 1 aliphatic heterocycles. The predicted octanol–water partition coefficient (Wildman–Crippen LogP) is -0.751. The van der Waals surface area contributed by atoms with E-state index in [9.17, 15) is 9.59 Å². The van der Waals surface area contributed by atoms with Gasteiger partial charge in [0.2, 0.25) is 5.91 Å². The maximum Gasteiger partial charge on any atom is 0.323 e. The zero-order chi connectivity index (χ0) is 12.3. The number of likely N-dealkylation sites (N-methyl/N-ethyl adjacent to an activating group) is 1. The van der Waals surface area contributed by atoms with E-state index in [4.69, 9.17) is 9.84 Å². The summed E-state index contributed by atoms with van der Waals surface area (Å²) in [5.74, 6) is -1.04. The number of hydrogen-bond donors (Lipinski definition) is 1. The van der Waals surface area contributed by atoms with E-state index < -0.39 is 18.1 Å². The van der Waals surface area contributed by atoms with Gasteiger partial charge in [0.25, 0.3) is 0 Å². The van der Waals surface area contributed by atoms with Crippen LogP contribution in [0.2, 0.25) is 0 Å². The Morgan fingerprint density at radius 3 is 2.62 bits per heavy atom. The molecule has 2 unspecified atom stereocenters. The van der Waals surface area contributed by atoms with E-state index in [0.29, 0.717) is 13.2 Å². The zero-order valence-corrected chi connectivity index (χ0v) is 9.84. The van der Waals surface area contributed by atoms with Crippen molar-refractivity contribution in [3.8, 4) is 0 Å². The summed E-state index contributed by atoms with van der Waals surface area (Å²) >= 11 is 0. The third-order valence-corrected chi connectivity index (χ3v) is 2.75. The topological polar surface area (TPSA) is 70.1 Å². The van der Waals surface area contributed by atoms with Gasteiger partial charge in [-0.3, -0.25) is 14.5 Å². The van der Waals surface area contributed by atoms with E-state index in [1.165, 1.54) is 4.90 Å². The Labute approximate surface area is 94.8 Å². The first kappa shape index (κ1) is 12.9. The Balaban J connectivity index is 2.75. The summed E-state index contributed by atoms with van der Waals surface area (Å²) in [5.41, 5.74) is 0. The van der Waals surface area contributed by atoms with Crippen molar-refractivity contribution in [3.63, 3.8) is 0 Å². The van der Waals surface area contributed by atoms with Crippen LogP contribution in [0.5, 0.6) is 0 Å². The first-order valence-corrected chi connectivity index (χ1v) is 5.22. The molecule has 0 aromatic rings. The fourth-order valence-corrected chi connectivity index (χ4v) is 1.81. The number of carboxylic acid groups (broad SMARTS) is 1. The van der Waals surface area contributed by atoms with Gasteiger partial charge in [0.1, 0.15) is 6.04 Å². The summed E-state index contributed by atoms with van der Waals surface area (Å²) in [6.07, 6.45) is 0. The Bertz CT molecular complexity index is 280. The van der Waals surface area contributed by atoms with Gasteiger partial charge in [0.05, 0.1) is 19.3 Å². The van der Waals surface area contributed by atoms with Crippen LogP contribution in [-0.4, -0.2) is 72.7 Å². The lowest BCUT2D eigenvalue weighted by atomic mass is 10.1. The summed E-state index contributed by atoms with van der Waals surface area (Å²) in [6, 6.07) is -1.16. The van der Waals surface area contributed by atoms with E-state index in [-0.39, 0.29) is 12.5 Å². The molecule has 0 radical (unpaired) electrons. The molecule has 16 heavy (non-hydrogen) atoms. The molecule has 1 fully saturated rings. The van der Waals surface area contributed by atoms with E-state index in [2.05, 4.69) is 0 Å². The number of rotatable bonds is 3. The molecule has 6 nitrogen and oxygen atoms in total. The molecule has 1 saturated heterocycles. The number of carbonyl (C=O) groups is 2. The van der Waals surface area contributed by atoms with Gasteiger partial charge in [-0.1, -0.05) is 0 Å². The summed E-state index contributed by atoms with van der Waals surface area (Å²) in [7, 11) is 3.32. The van der Waals surface area contributed by atoms with Gasteiger partial charge in [0.15, 0.2) is 0 Å². The Morgan fingerprint density at radius 2 is 2.12 bits per heavy atom. The minimum absolute atomic E-state index is 0.0897. The molecule has 0 spiro atoms. The van der Waals surface area contributed by atoms with Gasteiger partial charge in [-0.25, -0.2) is 0 Å². The average Bonchev–Trinajstić information content (AvgIpc) is 2.26. The maximum atomic E-state index is 11.8. The van der Waals surface area contributed by atoms with Gasteiger partial charge in [-0.2, -0.15) is 0 Å². The minimum atomic E-state index is -0.946. The highest BCUT2D eigenvalue weighted by molar-refractivity contribution is 5.82. The van der Waals surface area contributed by atoms with Crippen molar-refractivity contribution in [3.05, 3.63) is 0 Å². The number of hydrogen-bond acceptors (Lipinski definition) is 4. The van der Waals surface area contributed by atoms with Crippen molar-refractivity contribution in [2.75, 3.05) is 33.9 Å². The van der Waals surface area contributed by atoms with Crippen LogP contribution in [0.1, 0.15) is 6.92 Å². The molecule has 0 bridgehead atoms. The number of nitrogens with zero attached hydrogens (tertiary/aromatic N) is 2. The van der Waals surface area contributed by atoms with Crippen molar-refractivity contribution in [1.82, 2.24) is 9.80 Å². The first-order valence-electron chi connectivity index (χ1n) is 5.22. The second-order valence-corrected chi connectivity index (χ2v) is 4.08. The molecule has 0 aromatic heterocycles. The number of amides is 1. The van der Waals surface area contributed by atoms with Crippen molar-refractivity contribution in [1.29, 1.82) is 0 Å². The summed E-state index contributed by atoms with van der Waals surface area (Å²) in [6.45, 7) is 2.80. The quantitative estimate of drug-likeness (QED) is 0.690. The molecule has 1 amide bonds. The van der Waals surface area contributed by atoms with Gasteiger partial charge >= 0.3 is 5.97 Å². The van der Waals surface area contributed by atoms with Gasteiger partial charge in [-0.05, 0) is 6.92 Å². The van der Waals surface area contributed by atoms with E-state index in [0.717, 1.165) is 0 Å². The molecule has 1 N–H and O–H groups in total. The number of ether oxygens (including phenoxy) is 1. The van der Waals surface area contributed by atoms with Crippen molar-refractivity contribution >= 4 is 11.9 Å². The molecule has 2 atom stereocenters. The second-order valence-electron chi connectivity index (χ2n) is 4.08. The van der Waals surface area contributed by atoms with E-state index in [1.54, 1.807) is 25.9 Å². The molecule has 0 saturated carbocycles. The van der Waals surface area contributed by atoms with Crippen LogP contribution in [0, 0.1) is 0 Å². The van der Waals surface area contributed by atoms with Gasteiger partial charge in [0, 0.05) is 20.6 Å². The van der Waals surface area contributed by atoms with Crippen LogP contribution in [0.15, 0.2) is 0 Å². The van der Waals surface area contributed by atoms with E-state index >= 15 is 0 Å². The molecule has 1 aliphatic rings. The standard InChI is InChI=1S/C10H18N2O4/c1-7(9(13)11(2)3)12-4-5-16-6-8(12)10(14)15/h7-8H,4-6H2,1-3H3,(H,14,15). The van der Waals surface area contributed by atoms with Crippen LogP contribution in [0.3, 0.4) is 0 Å². The Hall–Kier alpha value is -1.14. The number of carboxylic acids is 1. The largest absolute Gasteiger partial charge is 0.480 e. The molecule has 92 valence electrons. The van der Waals surface area contributed by atoms with Gasteiger partial charge < -0.3 is 14.7 Å². The third kappa shape index (κ3) is 2.70. The number of aliphatic carboxylic acids is 1. The fourth-order valence-electron chi connectivity index (χ4n) is 1.81. The molecule has 1 heterocycles. The summed E-state index contributed by atoms with van der Waals surface area (Å²) in [5, 5.41) is 9.03. The molecule has 0 aliphatic carbocycles. The lowest BCUT2D eigenvalue weighted by molar-refractivity contribution is -0.154. The zero-order valence-electron chi connectivity index (χ0n) is 9.84. The minimum Gasteiger partial charge on any atom is -0.480 e. The van der Waals surface area contributed by atoms with Crippen molar-refractivity contribution < 1.29 is 19.4 Å². The van der Waals surface area contributed by atoms with Crippen LogP contribution in [0.25, 0.3) is 0 Å². The Kier molecular flexibility index (Phi) is 4.26. The van der Waals surface area contributed by atoms with Crippen molar-refractivity contribution in [2.24, 2.45) is 0 Å². The molecular weight excluding hydrogens is 212 g/mol. The lowest BCUT2D eigenvalue weighted by Gasteiger charge is -2.37. The predicted molar refractivity (Wildman–Crippen MR) is 57.1 cm³/mol. The molecule has 0 aromatic carbocycles.